The van der Waals surface area contributed by atoms with Crippen molar-refractivity contribution >= 4 is 17.8 Å². The summed E-state index contributed by atoms with van der Waals surface area (Å²) < 4.78 is 40.8. The van der Waals surface area contributed by atoms with E-state index in [0.717, 1.165) is 30.8 Å². The fourth-order valence-electron chi connectivity index (χ4n) is 4.04. The van der Waals surface area contributed by atoms with Gasteiger partial charge in [-0.05, 0) is 30.0 Å². The molecule has 0 unspecified atom stereocenters. The fourth-order valence-corrected chi connectivity index (χ4v) is 4.04. The van der Waals surface area contributed by atoms with Gasteiger partial charge >= 0.3 is 0 Å². The minimum absolute atomic E-state index is 0. The van der Waals surface area contributed by atoms with E-state index in [2.05, 4.69) is 15.3 Å². The molecule has 2 heterocycles. The standard InChI is InChI=1S/C20H17F3N4O2.H2/c21-12-7-24-18(25-8-12)26-16(28)9-27-10-19(3-4-19)14-5-11(20(23)6-15(20)22)1-2-13(14)17(27)29;/h1-2,5,7-8,15H,3-4,6,9-10H2,(H,24,25,26,28);1H/t15-,20+;/m1./s1. The molecule has 6 nitrogen and oxygen atoms in total. The number of aromatic nitrogens is 2. The van der Waals surface area contributed by atoms with Crippen molar-refractivity contribution in [2.45, 2.75) is 36.5 Å². The highest BCUT2D eigenvalue weighted by atomic mass is 19.2. The van der Waals surface area contributed by atoms with E-state index < -0.39 is 23.6 Å². The Morgan fingerprint density at radius 2 is 2.00 bits per heavy atom. The molecule has 1 aromatic heterocycles. The molecule has 1 spiro atoms. The van der Waals surface area contributed by atoms with Crippen LogP contribution >= 0.6 is 0 Å². The maximum absolute atomic E-state index is 14.5. The molecule has 1 N–H and O–H groups in total. The quantitative estimate of drug-likeness (QED) is 0.850. The highest BCUT2D eigenvalue weighted by molar-refractivity contribution is 6.01. The Bertz CT molecular complexity index is 1030. The van der Waals surface area contributed by atoms with Crippen molar-refractivity contribution in [1.29, 1.82) is 0 Å². The van der Waals surface area contributed by atoms with Gasteiger partial charge in [0.25, 0.3) is 5.91 Å². The Morgan fingerprint density at radius 3 is 2.62 bits per heavy atom. The van der Waals surface area contributed by atoms with Gasteiger partial charge in [0, 0.05) is 25.4 Å². The number of halogens is 3. The first-order chi connectivity index (χ1) is 13.8. The molecule has 1 aliphatic heterocycles. The van der Waals surface area contributed by atoms with Crippen molar-refractivity contribution in [2.24, 2.45) is 0 Å². The van der Waals surface area contributed by atoms with Crippen LogP contribution in [0.3, 0.4) is 0 Å². The van der Waals surface area contributed by atoms with Gasteiger partial charge in [-0.25, -0.2) is 23.1 Å². The maximum Gasteiger partial charge on any atom is 0.254 e. The molecule has 0 saturated heterocycles. The molecule has 3 aliphatic rings. The van der Waals surface area contributed by atoms with Crippen molar-refractivity contribution in [3.05, 3.63) is 53.1 Å². The maximum atomic E-state index is 14.5. The number of benzene rings is 1. The summed E-state index contributed by atoms with van der Waals surface area (Å²) in [6.07, 6.45) is 1.85. The number of anilines is 1. The van der Waals surface area contributed by atoms with Gasteiger partial charge in [0.05, 0.1) is 12.4 Å². The van der Waals surface area contributed by atoms with Gasteiger partial charge < -0.3 is 4.90 Å². The van der Waals surface area contributed by atoms with Crippen LogP contribution < -0.4 is 5.32 Å². The molecule has 0 radical (unpaired) electrons. The van der Waals surface area contributed by atoms with Gasteiger partial charge in [-0.15, -0.1) is 0 Å². The highest BCUT2D eigenvalue weighted by Crippen LogP contribution is 2.56. The number of nitrogens with zero attached hydrogens (tertiary/aromatic N) is 3. The van der Waals surface area contributed by atoms with Crippen LogP contribution in [0.4, 0.5) is 19.1 Å². The van der Waals surface area contributed by atoms with Crippen molar-refractivity contribution < 1.29 is 24.2 Å². The molecule has 2 aliphatic carbocycles. The van der Waals surface area contributed by atoms with E-state index >= 15 is 0 Å². The second kappa shape index (κ2) is 6.01. The van der Waals surface area contributed by atoms with Crippen molar-refractivity contribution in [3.63, 3.8) is 0 Å². The van der Waals surface area contributed by atoms with E-state index in [1.807, 2.05) is 0 Å². The van der Waals surface area contributed by atoms with E-state index in [1.165, 1.54) is 17.0 Å². The van der Waals surface area contributed by atoms with Gasteiger partial charge in [0.1, 0.15) is 12.7 Å². The fraction of sp³-hybridized carbons (Fsp3) is 0.400. The summed E-state index contributed by atoms with van der Waals surface area (Å²) in [6.45, 7) is 0.125. The van der Waals surface area contributed by atoms with E-state index in [4.69, 9.17) is 0 Å². The number of nitrogens with one attached hydrogen (secondary N) is 1. The van der Waals surface area contributed by atoms with Crippen molar-refractivity contribution in [3.8, 4) is 0 Å². The van der Waals surface area contributed by atoms with Crippen LogP contribution in [0.5, 0.6) is 0 Å². The third-order valence-electron chi connectivity index (χ3n) is 5.95. The lowest BCUT2D eigenvalue weighted by Gasteiger charge is -2.34. The summed E-state index contributed by atoms with van der Waals surface area (Å²) in [5.74, 6) is -1.51. The van der Waals surface area contributed by atoms with Crippen LogP contribution in [0, 0.1) is 5.82 Å². The summed E-state index contributed by atoms with van der Waals surface area (Å²) in [5, 5.41) is 2.44. The zero-order valence-corrected chi connectivity index (χ0v) is 15.3. The van der Waals surface area contributed by atoms with Crippen LogP contribution in [0.15, 0.2) is 30.6 Å². The van der Waals surface area contributed by atoms with Gasteiger partial charge in [0.15, 0.2) is 11.5 Å². The van der Waals surface area contributed by atoms with Gasteiger partial charge in [-0.3, -0.25) is 14.9 Å². The highest BCUT2D eigenvalue weighted by Gasteiger charge is 2.59. The zero-order chi connectivity index (χ0) is 20.4. The first-order valence-corrected chi connectivity index (χ1v) is 9.35. The van der Waals surface area contributed by atoms with Gasteiger partial charge in [0.2, 0.25) is 11.9 Å². The number of carbonyl (C=O) groups is 2. The molecule has 2 atom stereocenters. The third kappa shape index (κ3) is 2.95. The summed E-state index contributed by atoms with van der Waals surface area (Å²) in [4.78, 5) is 34.0. The normalized spacial score (nSPS) is 26.2. The molecule has 2 fully saturated rings. The number of hydrogen-bond acceptors (Lipinski definition) is 4. The first kappa shape index (κ1) is 18.1. The Labute approximate surface area is 165 Å². The van der Waals surface area contributed by atoms with E-state index in [1.54, 1.807) is 6.07 Å². The Hall–Kier alpha value is -2.97. The van der Waals surface area contributed by atoms with Crippen molar-refractivity contribution in [2.75, 3.05) is 18.4 Å². The van der Waals surface area contributed by atoms with Crippen LogP contribution in [0.2, 0.25) is 0 Å². The molecular weight excluding hydrogens is 385 g/mol. The number of alkyl halides is 2. The number of fused-ring (bicyclic) bond motifs is 2. The number of rotatable bonds is 4. The predicted molar refractivity (Wildman–Crippen MR) is 98.3 cm³/mol. The van der Waals surface area contributed by atoms with Gasteiger partial charge in [-0.2, -0.15) is 0 Å². The van der Waals surface area contributed by atoms with Crippen LogP contribution in [0.1, 0.15) is 42.2 Å². The number of hydrogen-bond donors (Lipinski definition) is 1. The van der Waals surface area contributed by atoms with Crippen LogP contribution in [-0.4, -0.2) is 45.9 Å². The second-order valence-electron chi connectivity index (χ2n) is 8.01. The minimum atomic E-state index is -1.94. The molecule has 29 heavy (non-hydrogen) atoms. The lowest BCUT2D eigenvalue weighted by atomic mass is 9.84. The number of carbonyl (C=O) groups excluding carboxylic acids is 2. The Morgan fingerprint density at radius 1 is 1.31 bits per heavy atom. The summed E-state index contributed by atoms with van der Waals surface area (Å²) in [5.41, 5.74) is -0.816. The molecule has 152 valence electrons. The van der Waals surface area contributed by atoms with Crippen LogP contribution in [0.25, 0.3) is 0 Å². The van der Waals surface area contributed by atoms with Crippen molar-refractivity contribution in [1.82, 2.24) is 14.9 Å². The molecule has 9 heteroatoms. The van der Waals surface area contributed by atoms with E-state index in [0.29, 0.717) is 12.1 Å². The molecular formula is C20H19F3N4O2. The molecule has 2 saturated carbocycles. The Balaban J connectivity index is 0.00000218. The monoisotopic (exact) mass is 404 g/mol. The molecule has 5 rings (SSSR count). The summed E-state index contributed by atoms with van der Waals surface area (Å²) in [6, 6.07) is 4.62. The average Bonchev–Trinajstić information content (AvgIpc) is 3.60. The van der Waals surface area contributed by atoms with Gasteiger partial charge in [-0.1, -0.05) is 12.1 Å². The Kier molecular flexibility index (Phi) is 3.75. The lowest BCUT2D eigenvalue weighted by Crippen LogP contribution is -2.47. The minimum Gasteiger partial charge on any atom is -0.328 e. The summed E-state index contributed by atoms with van der Waals surface area (Å²) in [7, 11) is 0. The van der Waals surface area contributed by atoms with Crippen LogP contribution in [-0.2, 0) is 15.9 Å². The first-order valence-electron chi connectivity index (χ1n) is 9.35. The molecule has 1 aromatic carbocycles. The SMILES string of the molecule is O=C(CN1CC2(CC2)c2cc([C@@]3(F)C[C@H]3F)ccc2C1=O)Nc1ncc(F)cn1.[HH]. The van der Waals surface area contributed by atoms with E-state index in [-0.39, 0.29) is 37.2 Å². The third-order valence-corrected chi connectivity index (χ3v) is 5.95. The smallest absolute Gasteiger partial charge is 0.254 e. The molecule has 0 bridgehead atoms. The topological polar surface area (TPSA) is 75.2 Å². The molecule has 2 amide bonds. The molecule has 2 aromatic rings. The second-order valence-corrected chi connectivity index (χ2v) is 8.01. The predicted octanol–water partition coefficient (Wildman–Crippen LogP) is 2.89. The average molecular weight is 404 g/mol. The zero-order valence-electron chi connectivity index (χ0n) is 15.3. The number of amides is 2. The van der Waals surface area contributed by atoms with E-state index in [9.17, 15) is 22.8 Å². The lowest BCUT2D eigenvalue weighted by molar-refractivity contribution is -0.117. The summed E-state index contributed by atoms with van der Waals surface area (Å²) >= 11 is 0. The largest absolute Gasteiger partial charge is 0.328 e.